The van der Waals surface area contributed by atoms with Gasteiger partial charge in [-0.3, -0.25) is 10.1 Å². The standard InChI is InChI=1S/C26H18N4O2S/c31-30(32)23-14-11-21(12-15-23)27-28-25-16-17-26(33-25)29(22-8-2-1-3-9-22)24-13-10-19-6-4-5-7-20(19)18-24/h1-18H. The maximum atomic E-state index is 10.8. The number of hydrogen-bond donors (Lipinski definition) is 0. The van der Waals surface area contributed by atoms with Crippen LogP contribution in [0.15, 0.2) is 119 Å². The van der Waals surface area contributed by atoms with Gasteiger partial charge in [0.1, 0.15) is 10.0 Å². The summed E-state index contributed by atoms with van der Waals surface area (Å²) in [4.78, 5) is 12.6. The predicted molar refractivity (Wildman–Crippen MR) is 134 cm³/mol. The highest BCUT2D eigenvalue weighted by Crippen LogP contribution is 2.42. The Kier molecular flexibility index (Phi) is 5.61. The summed E-state index contributed by atoms with van der Waals surface area (Å²) in [5.74, 6) is 0. The quantitative estimate of drug-likeness (QED) is 0.147. The second-order valence-corrected chi connectivity index (χ2v) is 8.33. The van der Waals surface area contributed by atoms with Crippen molar-refractivity contribution in [2.45, 2.75) is 0 Å². The van der Waals surface area contributed by atoms with Crippen LogP contribution in [0.2, 0.25) is 0 Å². The van der Waals surface area contributed by atoms with Crippen LogP contribution in [-0.2, 0) is 0 Å². The molecule has 0 aliphatic heterocycles. The first-order chi connectivity index (χ1) is 16.2. The number of nitro benzene ring substituents is 1. The average molecular weight is 451 g/mol. The van der Waals surface area contributed by atoms with Crippen LogP contribution in [-0.4, -0.2) is 4.92 Å². The van der Waals surface area contributed by atoms with Gasteiger partial charge in [-0.15, -0.1) is 10.2 Å². The fraction of sp³-hybridized carbons (Fsp3) is 0. The van der Waals surface area contributed by atoms with E-state index >= 15 is 0 Å². The van der Waals surface area contributed by atoms with Gasteiger partial charge < -0.3 is 4.90 Å². The fourth-order valence-electron chi connectivity index (χ4n) is 3.54. The van der Waals surface area contributed by atoms with Crippen LogP contribution >= 0.6 is 11.3 Å². The first-order valence-electron chi connectivity index (χ1n) is 10.3. The molecule has 1 heterocycles. The summed E-state index contributed by atoms with van der Waals surface area (Å²) >= 11 is 1.52. The zero-order chi connectivity index (χ0) is 22.6. The number of para-hydroxylation sites is 1. The van der Waals surface area contributed by atoms with Crippen LogP contribution in [0, 0.1) is 10.1 Å². The Morgan fingerprint density at radius 3 is 2.18 bits per heavy atom. The lowest BCUT2D eigenvalue weighted by atomic mass is 10.1. The van der Waals surface area contributed by atoms with E-state index in [-0.39, 0.29) is 5.69 Å². The molecule has 0 saturated carbocycles. The van der Waals surface area contributed by atoms with Gasteiger partial charge in [0.2, 0.25) is 0 Å². The van der Waals surface area contributed by atoms with Gasteiger partial charge in [0.05, 0.1) is 10.6 Å². The third kappa shape index (κ3) is 4.49. The second-order valence-electron chi connectivity index (χ2n) is 7.29. The molecule has 5 rings (SSSR count). The number of azo groups is 1. The molecule has 0 aliphatic carbocycles. The topological polar surface area (TPSA) is 71.1 Å². The van der Waals surface area contributed by atoms with E-state index in [1.807, 2.05) is 42.5 Å². The maximum absolute atomic E-state index is 10.8. The van der Waals surface area contributed by atoms with Gasteiger partial charge in [-0.2, -0.15) is 0 Å². The largest absolute Gasteiger partial charge is 0.302 e. The van der Waals surface area contributed by atoms with Crippen LogP contribution in [0.3, 0.4) is 0 Å². The molecule has 0 radical (unpaired) electrons. The van der Waals surface area contributed by atoms with Crippen LogP contribution in [0.5, 0.6) is 0 Å². The van der Waals surface area contributed by atoms with Gasteiger partial charge in [-0.05, 0) is 59.3 Å². The highest BCUT2D eigenvalue weighted by atomic mass is 32.1. The van der Waals surface area contributed by atoms with Crippen molar-refractivity contribution in [1.82, 2.24) is 0 Å². The molecular weight excluding hydrogens is 432 g/mol. The summed E-state index contributed by atoms with van der Waals surface area (Å²) in [6.07, 6.45) is 0. The Morgan fingerprint density at radius 1 is 0.697 bits per heavy atom. The molecule has 0 atom stereocenters. The smallest absolute Gasteiger partial charge is 0.269 e. The van der Waals surface area contributed by atoms with Crippen molar-refractivity contribution in [2.75, 3.05) is 4.90 Å². The molecule has 0 bridgehead atoms. The van der Waals surface area contributed by atoms with Crippen LogP contribution in [0.1, 0.15) is 0 Å². The zero-order valence-corrected chi connectivity index (χ0v) is 18.2. The summed E-state index contributed by atoms with van der Waals surface area (Å²) in [5.41, 5.74) is 2.69. The number of benzene rings is 4. The Hall–Kier alpha value is -4.36. The Balaban J connectivity index is 1.48. The van der Waals surface area contributed by atoms with Crippen molar-refractivity contribution in [3.63, 3.8) is 0 Å². The Labute approximate surface area is 194 Å². The third-order valence-corrected chi connectivity index (χ3v) is 6.08. The van der Waals surface area contributed by atoms with E-state index in [2.05, 4.69) is 57.6 Å². The number of non-ortho nitro benzene ring substituents is 1. The Morgan fingerprint density at radius 2 is 1.42 bits per heavy atom. The molecule has 1 aromatic heterocycles. The number of anilines is 3. The summed E-state index contributed by atoms with van der Waals surface area (Å²) < 4.78 is 0. The number of nitrogens with zero attached hydrogens (tertiary/aromatic N) is 4. The van der Waals surface area contributed by atoms with Gasteiger partial charge in [-0.25, -0.2) is 0 Å². The predicted octanol–water partition coefficient (Wildman–Crippen LogP) is 8.69. The molecular formula is C26H18N4O2S. The minimum Gasteiger partial charge on any atom is -0.302 e. The normalized spacial score (nSPS) is 11.2. The lowest BCUT2D eigenvalue weighted by molar-refractivity contribution is -0.384. The lowest BCUT2D eigenvalue weighted by Gasteiger charge is -2.23. The molecule has 6 nitrogen and oxygen atoms in total. The number of fused-ring (bicyclic) bond motifs is 1. The monoisotopic (exact) mass is 450 g/mol. The molecule has 0 N–H and O–H groups in total. The first kappa shape index (κ1) is 20.5. The maximum Gasteiger partial charge on any atom is 0.269 e. The fourth-order valence-corrected chi connectivity index (χ4v) is 4.41. The minimum absolute atomic E-state index is 0.0289. The van der Waals surface area contributed by atoms with E-state index in [1.54, 1.807) is 12.1 Å². The summed E-state index contributed by atoms with van der Waals surface area (Å²) in [7, 11) is 0. The molecule has 160 valence electrons. The number of thiophene rings is 1. The van der Waals surface area contributed by atoms with Crippen molar-refractivity contribution >= 4 is 54.9 Å². The summed E-state index contributed by atoms with van der Waals surface area (Å²) in [5, 5.41) is 23.5. The SMILES string of the molecule is O=[N+]([O-])c1ccc(N=Nc2ccc(N(c3ccccc3)c3ccc4ccccc4c3)s2)cc1. The molecule has 4 aromatic carbocycles. The van der Waals surface area contributed by atoms with E-state index in [0.29, 0.717) is 5.69 Å². The van der Waals surface area contributed by atoms with E-state index in [9.17, 15) is 10.1 Å². The zero-order valence-electron chi connectivity index (χ0n) is 17.4. The highest BCUT2D eigenvalue weighted by molar-refractivity contribution is 7.19. The van der Waals surface area contributed by atoms with Crippen molar-refractivity contribution in [3.05, 3.63) is 119 Å². The van der Waals surface area contributed by atoms with Gasteiger partial charge >= 0.3 is 0 Å². The lowest BCUT2D eigenvalue weighted by Crippen LogP contribution is -2.07. The second kappa shape index (κ2) is 9.02. The van der Waals surface area contributed by atoms with E-state index in [0.717, 1.165) is 21.4 Å². The number of nitro groups is 1. The molecule has 0 unspecified atom stereocenters. The van der Waals surface area contributed by atoms with Crippen LogP contribution in [0.25, 0.3) is 10.8 Å². The van der Waals surface area contributed by atoms with E-state index in [4.69, 9.17) is 0 Å². The van der Waals surface area contributed by atoms with Gasteiger partial charge in [0.15, 0.2) is 0 Å². The van der Waals surface area contributed by atoms with Gasteiger partial charge in [0.25, 0.3) is 5.69 Å². The van der Waals surface area contributed by atoms with Gasteiger partial charge in [-0.1, -0.05) is 59.9 Å². The number of hydrogen-bond acceptors (Lipinski definition) is 6. The van der Waals surface area contributed by atoms with Crippen molar-refractivity contribution in [1.29, 1.82) is 0 Å². The molecule has 0 fully saturated rings. The van der Waals surface area contributed by atoms with Crippen molar-refractivity contribution in [2.24, 2.45) is 10.2 Å². The highest BCUT2D eigenvalue weighted by Gasteiger charge is 2.15. The molecule has 7 heteroatoms. The Bertz CT molecular complexity index is 1450. The summed E-state index contributed by atoms with van der Waals surface area (Å²) in [6, 6.07) is 34.9. The molecule has 5 aromatic rings. The van der Waals surface area contributed by atoms with Crippen molar-refractivity contribution < 1.29 is 4.92 Å². The third-order valence-electron chi connectivity index (χ3n) is 5.13. The molecule has 0 saturated heterocycles. The van der Waals surface area contributed by atoms with Crippen LogP contribution < -0.4 is 4.90 Å². The minimum atomic E-state index is -0.433. The first-order valence-corrected chi connectivity index (χ1v) is 11.1. The molecule has 0 aliphatic rings. The summed E-state index contributed by atoms with van der Waals surface area (Å²) in [6.45, 7) is 0. The molecule has 33 heavy (non-hydrogen) atoms. The van der Waals surface area contributed by atoms with Gasteiger partial charge in [0, 0.05) is 23.5 Å². The molecule has 0 spiro atoms. The van der Waals surface area contributed by atoms with E-state index in [1.165, 1.54) is 34.2 Å². The van der Waals surface area contributed by atoms with Crippen molar-refractivity contribution in [3.8, 4) is 0 Å². The van der Waals surface area contributed by atoms with E-state index < -0.39 is 4.92 Å². The molecule has 0 amide bonds. The average Bonchev–Trinajstić information content (AvgIpc) is 3.32. The van der Waals surface area contributed by atoms with Crippen LogP contribution in [0.4, 0.5) is 32.8 Å². The number of rotatable bonds is 6.